The van der Waals surface area contributed by atoms with Crippen molar-refractivity contribution in [2.24, 2.45) is 0 Å². The molecule has 0 aromatic heterocycles. The number of ether oxygens (including phenoxy) is 2. The van der Waals surface area contributed by atoms with E-state index in [1.54, 1.807) is 0 Å². The first-order valence-electron chi connectivity index (χ1n) is 27.6. The van der Waals surface area contributed by atoms with E-state index in [-0.39, 0.29) is 25.8 Å². The van der Waals surface area contributed by atoms with Gasteiger partial charge in [-0.1, -0.05) is 237 Å². The Morgan fingerprint density at radius 1 is 0.484 bits per heavy atom. The van der Waals surface area contributed by atoms with Gasteiger partial charge >= 0.3 is 5.97 Å². The third kappa shape index (κ3) is 52.0. The van der Waals surface area contributed by atoms with Gasteiger partial charge in [0.2, 0.25) is 0 Å². The summed E-state index contributed by atoms with van der Waals surface area (Å²) in [5.41, 5.74) is 0. The molecule has 0 aliphatic heterocycles. The first kappa shape index (κ1) is 63.0. The Hall–Kier alpha value is -1.02. The van der Waals surface area contributed by atoms with Crippen LogP contribution in [0.1, 0.15) is 264 Å². The van der Waals surface area contributed by atoms with Gasteiger partial charge in [0, 0.05) is 13.0 Å². The molecule has 0 heterocycles. The van der Waals surface area contributed by atoms with Gasteiger partial charge < -0.3 is 27.9 Å². The molecule has 0 bridgehead atoms. The summed E-state index contributed by atoms with van der Waals surface area (Å²) in [4.78, 5) is 25.2. The van der Waals surface area contributed by atoms with Crippen LogP contribution in [0, 0.1) is 0 Å². The average Bonchev–Trinajstić information content (AvgIpc) is 3.25. The summed E-state index contributed by atoms with van der Waals surface area (Å²) < 4.78 is 34.8. The topological polar surface area (TPSA) is 94.1 Å². The highest BCUT2D eigenvalue weighted by Crippen LogP contribution is 2.38. The van der Waals surface area contributed by atoms with Crippen LogP contribution >= 0.6 is 7.82 Å². The van der Waals surface area contributed by atoms with Gasteiger partial charge in [-0.05, 0) is 44.9 Å². The second-order valence-corrected chi connectivity index (χ2v) is 21.4. The zero-order valence-corrected chi connectivity index (χ0v) is 44.1. The summed E-state index contributed by atoms with van der Waals surface area (Å²) in [5.74, 6) is -0.337. The van der Waals surface area contributed by atoms with Gasteiger partial charge in [-0.3, -0.25) is 9.36 Å². The average molecular weight is 926 g/mol. The van der Waals surface area contributed by atoms with Crippen LogP contribution < -0.4 is 4.89 Å². The van der Waals surface area contributed by atoms with Crippen LogP contribution in [-0.4, -0.2) is 70.7 Å². The Balaban J connectivity index is 4.03. The number of carbonyl (C=O) groups excluding carboxylic acids is 1. The molecule has 0 rings (SSSR count). The normalized spacial score (nSPS) is 13.7. The molecule has 0 spiro atoms. The molecule has 9 heteroatoms. The summed E-state index contributed by atoms with van der Waals surface area (Å²) in [6.07, 6.45) is 57.9. The van der Waals surface area contributed by atoms with Gasteiger partial charge in [0.1, 0.15) is 19.3 Å². The molecule has 0 fully saturated rings. The summed E-state index contributed by atoms with van der Waals surface area (Å²) >= 11 is 0. The monoisotopic (exact) mass is 926 g/mol. The molecule has 64 heavy (non-hydrogen) atoms. The van der Waals surface area contributed by atoms with Crippen LogP contribution in [0.5, 0.6) is 0 Å². The number of phosphoric acid groups is 1. The molecule has 2 unspecified atom stereocenters. The number of nitrogens with zero attached hydrogens (tertiary/aromatic N) is 1. The number of hydrogen-bond acceptors (Lipinski definition) is 7. The van der Waals surface area contributed by atoms with Crippen LogP contribution in [0.4, 0.5) is 0 Å². The number of quaternary nitrogens is 1. The van der Waals surface area contributed by atoms with Gasteiger partial charge in [0.05, 0.1) is 34.4 Å². The van der Waals surface area contributed by atoms with Gasteiger partial charge in [-0.15, -0.1) is 0 Å². The molecule has 0 aromatic carbocycles. The molecule has 0 saturated heterocycles. The smallest absolute Gasteiger partial charge is 0.306 e. The lowest BCUT2D eigenvalue weighted by Crippen LogP contribution is -2.37. The van der Waals surface area contributed by atoms with Gasteiger partial charge in [-0.2, -0.15) is 0 Å². The predicted molar refractivity (Wildman–Crippen MR) is 273 cm³/mol. The fraction of sp³-hybridized carbons (Fsp3) is 0.909. The van der Waals surface area contributed by atoms with Crippen molar-refractivity contribution in [3.8, 4) is 0 Å². The van der Waals surface area contributed by atoms with Crippen molar-refractivity contribution in [1.82, 2.24) is 0 Å². The molecule has 0 saturated carbocycles. The fourth-order valence-electron chi connectivity index (χ4n) is 7.99. The van der Waals surface area contributed by atoms with Gasteiger partial charge in [0.25, 0.3) is 7.82 Å². The maximum Gasteiger partial charge on any atom is 0.306 e. The van der Waals surface area contributed by atoms with E-state index in [1.807, 2.05) is 21.1 Å². The number of likely N-dealkylation sites (N-methyl/N-ethyl adjacent to an activating group) is 1. The van der Waals surface area contributed by atoms with E-state index >= 15 is 0 Å². The lowest BCUT2D eigenvalue weighted by atomic mass is 10.0. The van der Waals surface area contributed by atoms with Gasteiger partial charge in [-0.25, -0.2) is 0 Å². The van der Waals surface area contributed by atoms with Crippen molar-refractivity contribution in [3.63, 3.8) is 0 Å². The molecular formula is C55H108NO7P. The van der Waals surface area contributed by atoms with Crippen LogP contribution in [0.15, 0.2) is 24.3 Å². The molecular weight excluding hydrogens is 818 g/mol. The minimum Gasteiger partial charge on any atom is -0.756 e. The highest BCUT2D eigenvalue weighted by atomic mass is 31.2. The first-order valence-corrected chi connectivity index (χ1v) is 29.0. The maximum atomic E-state index is 12.7. The third-order valence-electron chi connectivity index (χ3n) is 12.3. The van der Waals surface area contributed by atoms with E-state index in [9.17, 15) is 14.3 Å². The minimum atomic E-state index is -4.53. The lowest BCUT2D eigenvalue weighted by Gasteiger charge is -2.28. The van der Waals surface area contributed by atoms with E-state index in [4.69, 9.17) is 18.5 Å². The van der Waals surface area contributed by atoms with E-state index in [1.165, 1.54) is 199 Å². The van der Waals surface area contributed by atoms with E-state index in [0.29, 0.717) is 24.1 Å². The van der Waals surface area contributed by atoms with Crippen molar-refractivity contribution in [2.75, 3.05) is 54.1 Å². The van der Waals surface area contributed by atoms with Crippen molar-refractivity contribution < 1.29 is 37.3 Å². The fourth-order valence-corrected chi connectivity index (χ4v) is 8.72. The van der Waals surface area contributed by atoms with Crippen LogP contribution in [0.3, 0.4) is 0 Å². The van der Waals surface area contributed by atoms with Crippen LogP contribution in [0.2, 0.25) is 0 Å². The highest BCUT2D eigenvalue weighted by Gasteiger charge is 2.20. The zero-order chi connectivity index (χ0) is 46.9. The summed E-state index contributed by atoms with van der Waals surface area (Å²) in [6.45, 7) is 5.44. The molecule has 0 radical (unpaired) electrons. The Labute approximate surface area is 398 Å². The van der Waals surface area contributed by atoms with Gasteiger partial charge in [0.15, 0.2) is 0 Å². The number of phosphoric ester groups is 1. The second kappa shape index (κ2) is 48.4. The summed E-state index contributed by atoms with van der Waals surface area (Å²) in [6, 6.07) is 0. The highest BCUT2D eigenvalue weighted by molar-refractivity contribution is 7.45. The van der Waals surface area contributed by atoms with E-state index in [0.717, 1.165) is 44.9 Å². The van der Waals surface area contributed by atoms with E-state index in [2.05, 4.69) is 38.2 Å². The Bertz CT molecular complexity index is 1080. The molecule has 2 atom stereocenters. The van der Waals surface area contributed by atoms with Crippen molar-refractivity contribution in [3.05, 3.63) is 24.3 Å². The lowest BCUT2D eigenvalue weighted by molar-refractivity contribution is -0.870. The van der Waals surface area contributed by atoms with Crippen molar-refractivity contribution in [1.29, 1.82) is 0 Å². The Morgan fingerprint density at radius 3 is 1.30 bits per heavy atom. The molecule has 0 aromatic rings. The second-order valence-electron chi connectivity index (χ2n) is 20.0. The number of rotatable bonds is 52. The Morgan fingerprint density at radius 2 is 0.859 bits per heavy atom. The minimum absolute atomic E-state index is 0.0268. The summed E-state index contributed by atoms with van der Waals surface area (Å²) in [7, 11) is 1.36. The first-order chi connectivity index (χ1) is 31.1. The predicted octanol–water partition coefficient (Wildman–Crippen LogP) is 16.5. The summed E-state index contributed by atoms with van der Waals surface area (Å²) in [5, 5.41) is 0. The largest absolute Gasteiger partial charge is 0.756 e. The number of hydrogen-bond donors (Lipinski definition) is 0. The number of esters is 1. The molecule has 0 aliphatic carbocycles. The molecule has 8 nitrogen and oxygen atoms in total. The van der Waals surface area contributed by atoms with Crippen molar-refractivity contribution >= 4 is 13.8 Å². The standard InChI is InChI=1S/C55H108NO7P/c1-6-8-10-12-14-16-18-20-22-24-25-26-27-28-29-30-31-33-35-37-39-41-43-45-47-50-60-52-54(53-62-64(58,59)61-51-49-56(3,4)5)63-55(57)48-46-44-42-40-38-36-34-32-23-21-19-17-15-13-11-9-7-2/h15,17,21,23,54H,6-14,16,18-20,22,24-53H2,1-5H3/b17-15-,23-21-. The molecule has 380 valence electrons. The zero-order valence-electron chi connectivity index (χ0n) is 43.3. The quantitative estimate of drug-likeness (QED) is 0.0197. The molecule has 0 amide bonds. The molecule has 0 aliphatic rings. The third-order valence-corrected chi connectivity index (χ3v) is 13.2. The van der Waals surface area contributed by atoms with Crippen molar-refractivity contribution in [2.45, 2.75) is 270 Å². The maximum absolute atomic E-state index is 12.7. The number of carbonyl (C=O) groups is 1. The van der Waals surface area contributed by atoms with Crippen LogP contribution in [0.25, 0.3) is 0 Å². The van der Waals surface area contributed by atoms with Crippen LogP contribution in [-0.2, 0) is 27.9 Å². The Kier molecular flexibility index (Phi) is 47.7. The van der Waals surface area contributed by atoms with E-state index < -0.39 is 13.9 Å². The SMILES string of the molecule is CCCCC/C=C\C/C=C\CCCCCCCCCC(=O)OC(COCCCCCCCCCCCCCCCCCCCCCCCCCCC)COP(=O)([O-])OCC[N+](C)(C)C. The molecule has 0 N–H and O–H groups in total. The number of allylic oxidation sites excluding steroid dienone is 4. The number of unbranched alkanes of at least 4 members (excludes halogenated alkanes) is 34.